The first kappa shape index (κ1) is 15.7. The summed E-state index contributed by atoms with van der Waals surface area (Å²) in [5.74, 6) is -1.05. The van der Waals surface area contributed by atoms with E-state index in [1.165, 1.54) is 16.7 Å². The van der Waals surface area contributed by atoms with Crippen molar-refractivity contribution >= 4 is 23.3 Å². The molecule has 1 aliphatic heterocycles. The molecule has 7 nitrogen and oxygen atoms in total. The highest BCUT2D eigenvalue weighted by molar-refractivity contribution is 7.09. The van der Waals surface area contributed by atoms with Crippen LogP contribution in [0.15, 0.2) is 5.38 Å². The highest BCUT2D eigenvalue weighted by atomic mass is 32.1. The van der Waals surface area contributed by atoms with Gasteiger partial charge in [0.25, 0.3) is 0 Å². The van der Waals surface area contributed by atoms with Crippen LogP contribution in [0.2, 0.25) is 0 Å². The summed E-state index contributed by atoms with van der Waals surface area (Å²) in [6.07, 6.45) is 1.13. The number of thiazole rings is 1. The number of nitrogens with one attached hydrogen (secondary N) is 1. The predicted molar refractivity (Wildman–Crippen MR) is 79.6 cm³/mol. The molecule has 116 valence electrons. The minimum atomic E-state index is -1.05. The van der Waals surface area contributed by atoms with Crippen molar-refractivity contribution in [3.8, 4) is 0 Å². The van der Waals surface area contributed by atoms with Gasteiger partial charge in [-0.05, 0) is 13.0 Å². The minimum Gasteiger partial charge on any atom is -0.476 e. The number of amides is 2. The van der Waals surface area contributed by atoms with E-state index in [1.54, 1.807) is 4.90 Å². The van der Waals surface area contributed by atoms with Crippen LogP contribution in [0.1, 0.15) is 28.8 Å². The van der Waals surface area contributed by atoms with E-state index in [1.807, 2.05) is 0 Å². The summed E-state index contributed by atoms with van der Waals surface area (Å²) in [7, 11) is 0. The summed E-state index contributed by atoms with van der Waals surface area (Å²) in [6, 6.07) is -0.113. The van der Waals surface area contributed by atoms with Gasteiger partial charge in [-0.15, -0.1) is 11.3 Å². The standard InChI is InChI=1S/C13H20N4O3S/c1-2-3-16-4-6-17(7-5-16)13(20)14-8-11-15-10(9-21-11)12(18)19/h9H,2-8H2,1H3,(H,14,20)(H,18,19). The number of hydrogen-bond donors (Lipinski definition) is 2. The quantitative estimate of drug-likeness (QED) is 0.849. The molecular formula is C13H20N4O3S. The molecule has 1 aromatic rings. The van der Waals surface area contributed by atoms with Gasteiger partial charge in [0.05, 0.1) is 6.54 Å². The number of nitrogens with zero attached hydrogens (tertiary/aromatic N) is 3. The predicted octanol–water partition coefficient (Wildman–Crippen LogP) is 1.08. The fourth-order valence-electron chi connectivity index (χ4n) is 2.24. The third-order valence-electron chi connectivity index (χ3n) is 3.36. The van der Waals surface area contributed by atoms with Gasteiger partial charge in [0, 0.05) is 31.6 Å². The average molecular weight is 312 g/mol. The molecule has 0 saturated carbocycles. The van der Waals surface area contributed by atoms with Crippen LogP contribution >= 0.6 is 11.3 Å². The summed E-state index contributed by atoms with van der Waals surface area (Å²) in [5, 5.41) is 13.7. The monoisotopic (exact) mass is 312 g/mol. The lowest BCUT2D eigenvalue weighted by Crippen LogP contribution is -2.51. The number of rotatable bonds is 5. The van der Waals surface area contributed by atoms with E-state index >= 15 is 0 Å². The third-order valence-corrected chi connectivity index (χ3v) is 4.21. The van der Waals surface area contributed by atoms with E-state index in [-0.39, 0.29) is 18.3 Å². The summed E-state index contributed by atoms with van der Waals surface area (Å²) < 4.78 is 0. The fourth-order valence-corrected chi connectivity index (χ4v) is 2.95. The van der Waals surface area contributed by atoms with Gasteiger partial charge in [0.2, 0.25) is 0 Å². The Morgan fingerprint density at radius 2 is 2.10 bits per heavy atom. The number of aromatic nitrogens is 1. The fraction of sp³-hybridized carbons (Fsp3) is 0.615. The lowest BCUT2D eigenvalue weighted by atomic mass is 10.3. The van der Waals surface area contributed by atoms with Crippen molar-refractivity contribution < 1.29 is 14.7 Å². The second-order valence-corrected chi connectivity index (χ2v) is 5.86. The van der Waals surface area contributed by atoms with Gasteiger partial charge in [0.15, 0.2) is 5.69 Å². The Labute approximate surface area is 127 Å². The molecule has 8 heteroatoms. The molecule has 1 fully saturated rings. The van der Waals surface area contributed by atoms with Crippen LogP contribution in [-0.2, 0) is 6.54 Å². The van der Waals surface area contributed by atoms with Gasteiger partial charge in [-0.3, -0.25) is 4.90 Å². The van der Waals surface area contributed by atoms with Crippen LogP contribution in [0.5, 0.6) is 0 Å². The zero-order chi connectivity index (χ0) is 15.2. The Hall–Kier alpha value is -1.67. The molecule has 2 rings (SSSR count). The van der Waals surface area contributed by atoms with Crippen molar-refractivity contribution in [1.82, 2.24) is 20.1 Å². The first-order valence-corrected chi connectivity index (χ1v) is 7.91. The summed E-state index contributed by atoms with van der Waals surface area (Å²) in [5.41, 5.74) is 0.0254. The van der Waals surface area contributed by atoms with E-state index in [9.17, 15) is 9.59 Å². The maximum atomic E-state index is 12.0. The molecular weight excluding hydrogens is 292 g/mol. The molecule has 0 aromatic carbocycles. The highest BCUT2D eigenvalue weighted by Gasteiger charge is 2.20. The number of urea groups is 1. The summed E-state index contributed by atoms with van der Waals surface area (Å²) in [4.78, 5) is 30.8. The number of piperazine rings is 1. The number of carbonyl (C=O) groups excluding carboxylic acids is 1. The van der Waals surface area contributed by atoms with Gasteiger partial charge >= 0.3 is 12.0 Å². The number of carbonyl (C=O) groups is 2. The smallest absolute Gasteiger partial charge is 0.355 e. The van der Waals surface area contributed by atoms with E-state index in [2.05, 4.69) is 22.1 Å². The first-order chi connectivity index (χ1) is 10.1. The van der Waals surface area contributed by atoms with Gasteiger partial charge in [-0.1, -0.05) is 6.92 Å². The van der Waals surface area contributed by atoms with Crippen molar-refractivity contribution in [2.24, 2.45) is 0 Å². The molecule has 1 aromatic heterocycles. The van der Waals surface area contributed by atoms with Crippen LogP contribution in [0.4, 0.5) is 4.79 Å². The number of hydrogen-bond acceptors (Lipinski definition) is 5. The largest absolute Gasteiger partial charge is 0.476 e. The van der Waals surface area contributed by atoms with Crippen LogP contribution in [0.25, 0.3) is 0 Å². The maximum absolute atomic E-state index is 12.0. The Kier molecular flexibility index (Phi) is 5.51. The molecule has 21 heavy (non-hydrogen) atoms. The molecule has 2 N–H and O–H groups in total. The van der Waals surface area contributed by atoms with Crippen molar-refractivity contribution in [2.75, 3.05) is 32.7 Å². The van der Waals surface area contributed by atoms with Crippen LogP contribution in [0, 0.1) is 0 Å². The zero-order valence-corrected chi connectivity index (χ0v) is 12.9. The van der Waals surface area contributed by atoms with Gasteiger partial charge < -0.3 is 15.3 Å². The molecule has 0 spiro atoms. The third kappa shape index (κ3) is 4.40. The molecule has 1 saturated heterocycles. The molecule has 2 amide bonds. The number of carboxylic acids is 1. The molecule has 0 radical (unpaired) electrons. The second-order valence-electron chi connectivity index (χ2n) is 4.92. The first-order valence-electron chi connectivity index (χ1n) is 7.03. The van der Waals surface area contributed by atoms with Gasteiger partial charge in [0.1, 0.15) is 5.01 Å². The topological polar surface area (TPSA) is 85.8 Å². The highest BCUT2D eigenvalue weighted by Crippen LogP contribution is 2.10. The lowest BCUT2D eigenvalue weighted by Gasteiger charge is -2.34. The van der Waals surface area contributed by atoms with E-state index in [0.717, 1.165) is 39.1 Å². The van der Waals surface area contributed by atoms with Crippen molar-refractivity contribution in [2.45, 2.75) is 19.9 Å². The maximum Gasteiger partial charge on any atom is 0.355 e. The van der Waals surface area contributed by atoms with Crippen molar-refractivity contribution in [3.05, 3.63) is 16.1 Å². The number of aromatic carboxylic acids is 1. The van der Waals surface area contributed by atoms with Crippen molar-refractivity contribution in [3.63, 3.8) is 0 Å². The molecule has 0 unspecified atom stereocenters. The Morgan fingerprint density at radius 1 is 1.38 bits per heavy atom. The van der Waals surface area contributed by atoms with Crippen molar-refractivity contribution in [1.29, 1.82) is 0 Å². The van der Waals surface area contributed by atoms with E-state index in [0.29, 0.717) is 5.01 Å². The summed E-state index contributed by atoms with van der Waals surface area (Å²) >= 11 is 1.24. The summed E-state index contributed by atoms with van der Waals surface area (Å²) in [6.45, 7) is 6.76. The van der Waals surface area contributed by atoms with Crippen LogP contribution in [0.3, 0.4) is 0 Å². The molecule has 0 atom stereocenters. The van der Waals surface area contributed by atoms with E-state index < -0.39 is 5.97 Å². The normalized spacial score (nSPS) is 16.0. The number of carboxylic acid groups (broad SMARTS) is 1. The van der Waals surface area contributed by atoms with Gasteiger partial charge in [-0.2, -0.15) is 0 Å². The van der Waals surface area contributed by atoms with Gasteiger partial charge in [-0.25, -0.2) is 14.6 Å². The Morgan fingerprint density at radius 3 is 2.67 bits per heavy atom. The van der Waals surface area contributed by atoms with E-state index in [4.69, 9.17) is 5.11 Å². The Balaban J connectivity index is 1.75. The minimum absolute atomic E-state index is 0.0254. The van der Waals surface area contributed by atoms with Crippen LogP contribution in [-0.4, -0.2) is 64.6 Å². The Bertz CT molecular complexity index is 497. The van der Waals surface area contributed by atoms with Crippen LogP contribution < -0.4 is 5.32 Å². The second kappa shape index (κ2) is 7.37. The SMILES string of the molecule is CCCN1CCN(C(=O)NCc2nc(C(=O)O)cs2)CC1. The molecule has 1 aliphatic rings. The lowest BCUT2D eigenvalue weighted by molar-refractivity contribution is 0.0691. The molecule has 2 heterocycles. The molecule has 0 bridgehead atoms. The molecule has 0 aliphatic carbocycles. The zero-order valence-electron chi connectivity index (χ0n) is 12.0. The average Bonchev–Trinajstić information content (AvgIpc) is 2.95.